The molecule has 1 aliphatic heterocycles. The molecule has 0 saturated heterocycles. The van der Waals surface area contributed by atoms with E-state index < -0.39 is 0 Å². The third-order valence-electron chi connectivity index (χ3n) is 2.74. The Morgan fingerprint density at radius 2 is 2.35 bits per heavy atom. The highest BCUT2D eigenvalue weighted by Crippen LogP contribution is 2.28. The molecule has 0 aromatic heterocycles. The fourth-order valence-electron chi connectivity index (χ4n) is 1.89. The summed E-state index contributed by atoms with van der Waals surface area (Å²) in [6.07, 6.45) is 6.53. The van der Waals surface area contributed by atoms with Gasteiger partial charge in [-0.3, -0.25) is 9.79 Å². The van der Waals surface area contributed by atoms with Crippen LogP contribution in [0, 0.1) is 0 Å². The topological polar surface area (TPSA) is 62.7 Å². The Morgan fingerprint density at radius 3 is 2.95 bits per heavy atom. The zero-order valence-electron chi connectivity index (χ0n) is 12.3. The van der Waals surface area contributed by atoms with Crippen LogP contribution in [-0.2, 0) is 9.53 Å². The number of allylic oxidation sites excluding steroid dienone is 3. The van der Waals surface area contributed by atoms with E-state index in [2.05, 4.69) is 15.6 Å². The Morgan fingerprint density at radius 1 is 1.60 bits per heavy atom. The number of thioether (sulfide) groups is 1. The van der Waals surface area contributed by atoms with Crippen LogP contribution in [0.15, 0.2) is 40.2 Å². The number of carbonyl (C=O) groups excluding carboxylic acids is 1. The van der Waals surface area contributed by atoms with Crippen molar-refractivity contribution in [2.45, 2.75) is 19.1 Å². The maximum absolute atomic E-state index is 10.6. The second kappa shape index (κ2) is 8.47. The lowest BCUT2D eigenvalue weighted by Crippen LogP contribution is -2.22. The first-order valence-corrected chi connectivity index (χ1v) is 7.22. The summed E-state index contributed by atoms with van der Waals surface area (Å²) >= 11 is 1.47. The predicted molar refractivity (Wildman–Crippen MR) is 84.5 cm³/mol. The summed E-state index contributed by atoms with van der Waals surface area (Å²) in [5.41, 5.74) is 2.12. The van der Waals surface area contributed by atoms with Gasteiger partial charge < -0.3 is 15.4 Å². The number of hydrogen-bond acceptors (Lipinski definition) is 5. The number of rotatable bonds is 4. The van der Waals surface area contributed by atoms with Crippen molar-refractivity contribution in [3.63, 3.8) is 0 Å². The number of ether oxygens (including phenoxy) is 1. The van der Waals surface area contributed by atoms with E-state index in [1.807, 2.05) is 39.2 Å². The number of carbonyl (C=O) groups is 1. The molecule has 1 heterocycles. The van der Waals surface area contributed by atoms with E-state index in [1.54, 1.807) is 7.11 Å². The molecule has 2 N–H and O–H groups in total. The molecule has 1 atom stereocenters. The molecule has 0 spiro atoms. The van der Waals surface area contributed by atoms with Crippen molar-refractivity contribution in [1.82, 2.24) is 10.6 Å². The van der Waals surface area contributed by atoms with Crippen molar-refractivity contribution in [3.05, 3.63) is 35.3 Å². The monoisotopic (exact) mass is 295 g/mol. The maximum Gasteiger partial charge on any atom is 0.213 e. The van der Waals surface area contributed by atoms with Crippen molar-refractivity contribution in [1.29, 1.82) is 0 Å². The average molecular weight is 295 g/mol. The van der Waals surface area contributed by atoms with Crippen LogP contribution in [0.5, 0.6) is 0 Å². The molecular formula is C14H21N3O2S. The average Bonchev–Trinajstić information content (AvgIpc) is 2.48. The fraction of sp³-hybridized carbons (Fsp3) is 0.429. The molecule has 0 radical (unpaired) electrons. The first-order valence-electron chi connectivity index (χ1n) is 6.34. The number of hydrogen-bond donors (Lipinski definition) is 2. The largest absolute Gasteiger partial charge is 0.499 e. The van der Waals surface area contributed by atoms with Crippen molar-refractivity contribution >= 4 is 23.3 Å². The molecule has 20 heavy (non-hydrogen) atoms. The van der Waals surface area contributed by atoms with Crippen molar-refractivity contribution in [2.75, 3.05) is 20.7 Å². The SMILES string of the molecule is CN/C=C(C)/C1=C(\OC)C(C)SC(NC=O)=NCC=C1. The molecular weight excluding hydrogens is 274 g/mol. The summed E-state index contributed by atoms with van der Waals surface area (Å²) < 4.78 is 5.57. The van der Waals surface area contributed by atoms with E-state index in [-0.39, 0.29) is 5.25 Å². The summed E-state index contributed by atoms with van der Waals surface area (Å²) in [6, 6.07) is 0. The van der Waals surface area contributed by atoms with Crippen molar-refractivity contribution in [2.24, 2.45) is 4.99 Å². The van der Waals surface area contributed by atoms with Gasteiger partial charge in [0.1, 0.15) is 5.76 Å². The highest BCUT2D eigenvalue weighted by molar-refractivity contribution is 8.14. The van der Waals surface area contributed by atoms with Crippen LogP contribution in [0.3, 0.4) is 0 Å². The number of nitrogens with one attached hydrogen (secondary N) is 2. The Kier molecular flexibility index (Phi) is 6.93. The van der Waals surface area contributed by atoms with Crippen LogP contribution in [0.25, 0.3) is 0 Å². The standard InChI is InChI=1S/C14H21N3O2S/c1-10(8-15-3)12-6-5-7-16-14(17-9-18)20-11(2)13(12)19-4/h5-6,8-9,11,15H,7H2,1-4H3,(H,16,17,18)/b6-5?,10-8+,13-12-. The number of nitrogens with zero attached hydrogens (tertiary/aromatic N) is 1. The second-order valence-corrected chi connectivity index (χ2v) is 5.50. The summed E-state index contributed by atoms with van der Waals surface area (Å²) in [5.74, 6) is 0.859. The maximum atomic E-state index is 10.6. The Bertz CT molecular complexity index is 467. The lowest BCUT2D eigenvalue weighted by atomic mass is 10.1. The van der Waals surface area contributed by atoms with E-state index in [0.29, 0.717) is 18.1 Å². The molecule has 1 rings (SSSR count). The lowest BCUT2D eigenvalue weighted by molar-refractivity contribution is -0.108. The van der Waals surface area contributed by atoms with Gasteiger partial charge in [-0.2, -0.15) is 0 Å². The number of amidine groups is 1. The van der Waals surface area contributed by atoms with Crippen LogP contribution in [0.1, 0.15) is 13.8 Å². The van der Waals surface area contributed by atoms with E-state index >= 15 is 0 Å². The third-order valence-corrected chi connectivity index (χ3v) is 3.77. The molecule has 0 aromatic rings. The minimum atomic E-state index is 0.0455. The van der Waals surface area contributed by atoms with E-state index in [9.17, 15) is 4.79 Å². The normalized spacial score (nSPS) is 24.1. The molecule has 110 valence electrons. The first-order chi connectivity index (χ1) is 9.63. The molecule has 0 bridgehead atoms. The van der Waals surface area contributed by atoms with E-state index in [1.165, 1.54) is 11.8 Å². The van der Waals surface area contributed by atoms with Gasteiger partial charge in [0.15, 0.2) is 5.17 Å². The van der Waals surface area contributed by atoms with Crippen LogP contribution in [-0.4, -0.2) is 37.5 Å². The highest BCUT2D eigenvalue weighted by Gasteiger charge is 2.19. The summed E-state index contributed by atoms with van der Waals surface area (Å²) in [5, 5.41) is 6.29. The predicted octanol–water partition coefficient (Wildman–Crippen LogP) is 1.80. The highest BCUT2D eigenvalue weighted by atomic mass is 32.2. The van der Waals surface area contributed by atoms with Crippen LogP contribution in [0.2, 0.25) is 0 Å². The molecule has 1 amide bonds. The van der Waals surface area contributed by atoms with Crippen LogP contribution >= 0.6 is 11.8 Å². The Balaban J connectivity index is 3.17. The molecule has 1 unspecified atom stereocenters. The van der Waals surface area contributed by atoms with Gasteiger partial charge in [-0.15, -0.1) is 0 Å². The first kappa shape index (κ1) is 16.4. The van der Waals surface area contributed by atoms with Gasteiger partial charge in [-0.25, -0.2) is 0 Å². The second-order valence-electron chi connectivity index (χ2n) is 4.17. The van der Waals surface area contributed by atoms with Gasteiger partial charge in [0.25, 0.3) is 0 Å². The van der Waals surface area contributed by atoms with Gasteiger partial charge in [0.05, 0.1) is 18.9 Å². The quantitative estimate of drug-likeness (QED) is 0.776. The Hall–Kier alpha value is -1.69. The van der Waals surface area contributed by atoms with E-state index in [0.717, 1.165) is 16.9 Å². The van der Waals surface area contributed by atoms with Gasteiger partial charge in [0, 0.05) is 12.6 Å². The number of methoxy groups -OCH3 is 1. The minimum Gasteiger partial charge on any atom is -0.499 e. The molecule has 0 fully saturated rings. The fourth-order valence-corrected chi connectivity index (χ4v) is 2.82. The minimum absolute atomic E-state index is 0.0455. The third kappa shape index (κ3) is 4.45. The zero-order valence-corrected chi connectivity index (χ0v) is 13.1. The zero-order chi connectivity index (χ0) is 15.0. The van der Waals surface area contributed by atoms with Gasteiger partial charge in [-0.05, 0) is 25.6 Å². The summed E-state index contributed by atoms with van der Waals surface area (Å²) in [7, 11) is 3.53. The summed E-state index contributed by atoms with van der Waals surface area (Å²) in [6.45, 7) is 4.57. The Labute approximate surface area is 124 Å². The van der Waals surface area contributed by atoms with Crippen LogP contribution < -0.4 is 10.6 Å². The number of aliphatic imine (C=N–C) groups is 1. The van der Waals surface area contributed by atoms with Crippen LogP contribution in [0.4, 0.5) is 0 Å². The van der Waals surface area contributed by atoms with Crippen molar-refractivity contribution in [3.8, 4) is 0 Å². The van der Waals surface area contributed by atoms with Crippen molar-refractivity contribution < 1.29 is 9.53 Å². The molecule has 0 aromatic carbocycles. The molecule has 1 aliphatic rings. The smallest absolute Gasteiger partial charge is 0.213 e. The van der Waals surface area contributed by atoms with Gasteiger partial charge in [0.2, 0.25) is 6.41 Å². The van der Waals surface area contributed by atoms with Gasteiger partial charge in [-0.1, -0.05) is 23.9 Å². The summed E-state index contributed by atoms with van der Waals surface area (Å²) in [4.78, 5) is 14.9. The van der Waals surface area contributed by atoms with E-state index in [4.69, 9.17) is 4.74 Å². The molecule has 5 nitrogen and oxygen atoms in total. The molecule has 0 aliphatic carbocycles. The lowest BCUT2D eigenvalue weighted by Gasteiger charge is -2.18. The molecule has 6 heteroatoms. The number of amides is 1. The van der Waals surface area contributed by atoms with Gasteiger partial charge >= 0.3 is 0 Å². The molecule has 0 saturated carbocycles.